The highest BCUT2D eigenvalue weighted by atomic mass is 19.1. The van der Waals surface area contributed by atoms with E-state index in [0.717, 1.165) is 31.6 Å². The van der Waals surface area contributed by atoms with E-state index in [2.05, 4.69) is 12.2 Å². The molecule has 1 fully saturated rings. The van der Waals surface area contributed by atoms with E-state index in [1.54, 1.807) is 12.1 Å². The summed E-state index contributed by atoms with van der Waals surface area (Å²) in [6.45, 7) is 3.73. The number of hydrogen-bond donors (Lipinski definition) is 1. The van der Waals surface area contributed by atoms with E-state index in [-0.39, 0.29) is 11.9 Å². The molecule has 0 saturated carbocycles. The molecular formula is C13H18FNO. The van der Waals surface area contributed by atoms with Crippen molar-refractivity contribution in [2.75, 3.05) is 13.2 Å². The van der Waals surface area contributed by atoms with Gasteiger partial charge in [0.15, 0.2) is 0 Å². The first-order valence-electron chi connectivity index (χ1n) is 5.85. The average molecular weight is 223 g/mol. The number of halogens is 1. The monoisotopic (exact) mass is 223 g/mol. The Balaban J connectivity index is 1.94. The van der Waals surface area contributed by atoms with Gasteiger partial charge in [0.25, 0.3) is 0 Å². The maximum atomic E-state index is 13.1. The lowest BCUT2D eigenvalue weighted by Gasteiger charge is -2.27. The first-order chi connectivity index (χ1) is 7.75. The summed E-state index contributed by atoms with van der Waals surface area (Å²) < 4.78 is 18.4. The summed E-state index contributed by atoms with van der Waals surface area (Å²) >= 11 is 0. The van der Waals surface area contributed by atoms with Crippen LogP contribution in [0.4, 0.5) is 4.39 Å². The molecule has 1 aromatic carbocycles. The molecule has 0 amide bonds. The SMILES string of the molecule is C[C@H](NC1CCOCC1)c1cccc(F)c1. The lowest BCUT2D eigenvalue weighted by molar-refractivity contribution is 0.0754. The fourth-order valence-electron chi connectivity index (χ4n) is 2.09. The average Bonchev–Trinajstić information content (AvgIpc) is 2.30. The summed E-state index contributed by atoms with van der Waals surface area (Å²) in [4.78, 5) is 0. The molecule has 0 aliphatic carbocycles. The maximum absolute atomic E-state index is 13.1. The highest BCUT2D eigenvalue weighted by Crippen LogP contribution is 2.17. The van der Waals surface area contributed by atoms with Gasteiger partial charge in [-0.1, -0.05) is 12.1 Å². The minimum atomic E-state index is -0.168. The Labute approximate surface area is 95.8 Å². The predicted octanol–water partition coefficient (Wildman–Crippen LogP) is 2.66. The smallest absolute Gasteiger partial charge is 0.123 e. The molecule has 1 aliphatic rings. The van der Waals surface area contributed by atoms with Crippen LogP contribution in [0.1, 0.15) is 31.4 Å². The van der Waals surface area contributed by atoms with Gasteiger partial charge >= 0.3 is 0 Å². The van der Waals surface area contributed by atoms with E-state index in [1.165, 1.54) is 6.07 Å². The van der Waals surface area contributed by atoms with Crippen molar-refractivity contribution in [3.63, 3.8) is 0 Å². The maximum Gasteiger partial charge on any atom is 0.123 e. The quantitative estimate of drug-likeness (QED) is 0.850. The fourth-order valence-corrected chi connectivity index (χ4v) is 2.09. The van der Waals surface area contributed by atoms with E-state index in [0.29, 0.717) is 6.04 Å². The molecule has 1 aliphatic heterocycles. The lowest BCUT2D eigenvalue weighted by Crippen LogP contribution is -2.36. The van der Waals surface area contributed by atoms with Crippen molar-refractivity contribution in [3.8, 4) is 0 Å². The Morgan fingerprint density at radius 2 is 2.12 bits per heavy atom. The van der Waals surface area contributed by atoms with Gasteiger partial charge in [-0.05, 0) is 37.5 Å². The third-order valence-corrected chi connectivity index (χ3v) is 3.06. The highest BCUT2D eigenvalue weighted by Gasteiger charge is 2.16. The Morgan fingerprint density at radius 1 is 1.38 bits per heavy atom. The van der Waals surface area contributed by atoms with Gasteiger partial charge in [-0.3, -0.25) is 0 Å². The second-order valence-electron chi connectivity index (χ2n) is 4.33. The van der Waals surface area contributed by atoms with Crippen LogP contribution in [0.3, 0.4) is 0 Å². The van der Waals surface area contributed by atoms with Gasteiger partial charge in [0.2, 0.25) is 0 Å². The standard InChI is InChI=1S/C13H18FNO/c1-10(11-3-2-4-12(14)9-11)15-13-5-7-16-8-6-13/h2-4,9-10,13,15H,5-8H2,1H3/t10-/m0/s1. The predicted molar refractivity (Wildman–Crippen MR) is 61.8 cm³/mol. The molecular weight excluding hydrogens is 205 g/mol. The summed E-state index contributed by atoms with van der Waals surface area (Å²) in [7, 11) is 0. The molecule has 0 bridgehead atoms. The molecule has 1 heterocycles. The summed E-state index contributed by atoms with van der Waals surface area (Å²) in [6, 6.07) is 7.47. The van der Waals surface area contributed by atoms with Crippen LogP contribution in [0.25, 0.3) is 0 Å². The van der Waals surface area contributed by atoms with Gasteiger partial charge in [0.1, 0.15) is 5.82 Å². The largest absolute Gasteiger partial charge is 0.381 e. The van der Waals surface area contributed by atoms with Gasteiger partial charge in [-0.2, -0.15) is 0 Å². The lowest BCUT2D eigenvalue weighted by atomic mass is 10.0. The van der Waals surface area contributed by atoms with Crippen molar-refractivity contribution in [3.05, 3.63) is 35.6 Å². The van der Waals surface area contributed by atoms with Crippen LogP contribution in [-0.2, 0) is 4.74 Å². The van der Waals surface area contributed by atoms with Gasteiger partial charge in [0, 0.05) is 25.3 Å². The Morgan fingerprint density at radius 3 is 2.81 bits per heavy atom. The van der Waals surface area contributed by atoms with Crippen molar-refractivity contribution in [1.29, 1.82) is 0 Å². The Kier molecular flexibility index (Phi) is 3.91. The van der Waals surface area contributed by atoms with E-state index < -0.39 is 0 Å². The number of nitrogens with one attached hydrogen (secondary N) is 1. The Hall–Kier alpha value is -0.930. The van der Waals surface area contributed by atoms with E-state index in [4.69, 9.17) is 4.74 Å². The van der Waals surface area contributed by atoms with Crippen LogP contribution in [-0.4, -0.2) is 19.3 Å². The molecule has 16 heavy (non-hydrogen) atoms. The molecule has 2 rings (SSSR count). The third kappa shape index (κ3) is 3.03. The molecule has 0 spiro atoms. The van der Waals surface area contributed by atoms with Gasteiger partial charge in [-0.25, -0.2) is 4.39 Å². The number of rotatable bonds is 3. The summed E-state index contributed by atoms with van der Waals surface area (Å²) in [6.07, 6.45) is 2.08. The van der Waals surface area contributed by atoms with Crippen LogP contribution in [0.2, 0.25) is 0 Å². The second-order valence-corrected chi connectivity index (χ2v) is 4.33. The van der Waals surface area contributed by atoms with E-state index in [9.17, 15) is 4.39 Å². The highest BCUT2D eigenvalue weighted by molar-refractivity contribution is 5.19. The van der Waals surface area contributed by atoms with Crippen LogP contribution >= 0.6 is 0 Å². The zero-order valence-electron chi connectivity index (χ0n) is 9.58. The summed E-state index contributed by atoms with van der Waals surface area (Å²) in [5.74, 6) is -0.168. The van der Waals surface area contributed by atoms with Crippen LogP contribution in [0, 0.1) is 5.82 Å². The fraction of sp³-hybridized carbons (Fsp3) is 0.538. The van der Waals surface area contributed by atoms with Crippen LogP contribution in [0.15, 0.2) is 24.3 Å². The molecule has 1 saturated heterocycles. The molecule has 0 unspecified atom stereocenters. The number of ether oxygens (including phenoxy) is 1. The molecule has 1 atom stereocenters. The normalized spacial score (nSPS) is 19.6. The first-order valence-corrected chi connectivity index (χ1v) is 5.85. The van der Waals surface area contributed by atoms with Crippen molar-refractivity contribution in [1.82, 2.24) is 5.32 Å². The second kappa shape index (κ2) is 5.41. The van der Waals surface area contributed by atoms with Crippen molar-refractivity contribution in [2.45, 2.75) is 31.8 Å². The van der Waals surface area contributed by atoms with E-state index in [1.807, 2.05) is 6.07 Å². The molecule has 3 heteroatoms. The third-order valence-electron chi connectivity index (χ3n) is 3.06. The number of hydrogen-bond acceptors (Lipinski definition) is 2. The zero-order valence-corrected chi connectivity index (χ0v) is 9.58. The van der Waals surface area contributed by atoms with Crippen LogP contribution in [0.5, 0.6) is 0 Å². The topological polar surface area (TPSA) is 21.3 Å². The van der Waals surface area contributed by atoms with Crippen molar-refractivity contribution < 1.29 is 9.13 Å². The van der Waals surface area contributed by atoms with E-state index >= 15 is 0 Å². The van der Waals surface area contributed by atoms with Crippen molar-refractivity contribution >= 4 is 0 Å². The number of benzene rings is 1. The Bertz CT molecular complexity index is 336. The summed E-state index contributed by atoms with van der Waals surface area (Å²) in [5.41, 5.74) is 1.01. The minimum absolute atomic E-state index is 0.168. The van der Waals surface area contributed by atoms with Gasteiger partial charge < -0.3 is 10.1 Å². The summed E-state index contributed by atoms with van der Waals surface area (Å²) in [5, 5.41) is 3.52. The molecule has 0 aromatic heterocycles. The molecule has 88 valence electrons. The minimum Gasteiger partial charge on any atom is -0.381 e. The first kappa shape index (κ1) is 11.6. The van der Waals surface area contributed by atoms with Gasteiger partial charge in [-0.15, -0.1) is 0 Å². The van der Waals surface area contributed by atoms with Gasteiger partial charge in [0.05, 0.1) is 0 Å². The molecule has 1 aromatic rings. The molecule has 1 N–H and O–H groups in total. The van der Waals surface area contributed by atoms with Crippen LogP contribution < -0.4 is 5.32 Å². The van der Waals surface area contributed by atoms with Crippen molar-refractivity contribution in [2.24, 2.45) is 0 Å². The molecule has 2 nitrogen and oxygen atoms in total. The molecule has 0 radical (unpaired) electrons. The zero-order chi connectivity index (χ0) is 11.4.